The SMILES string of the molecule is COc1ccc(NC(=O)C2CCC(NC(=O)C3CCCC3)CC2)cn1. The van der Waals surface area contributed by atoms with Crippen LogP contribution in [0.1, 0.15) is 51.4 Å². The zero-order valence-electron chi connectivity index (χ0n) is 14.8. The Balaban J connectivity index is 1.43. The monoisotopic (exact) mass is 345 g/mol. The smallest absolute Gasteiger partial charge is 0.227 e. The van der Waals surface area contributed by atoms with E-state index >= 15 is 0 Å². The molecule has 0 unspecified atom stereocenters. The molecule has 2 aliphatic carbocycles. The molecule has 0 aromatic carbocycles. The highest BCUT2D eigenvalue weighted by Crippen LogP contribution is 2.28. The maximum Gasteiger partial charge on any atom is 0.227 e. The van der Waals surface area contributed by atoms with Crippen molar-refractivity contribution in [3.05, 3.63) is 18.3 Å². The van der Waals surface area contributed by atoms with Crippen LogP contribution < -0.4 is 15.4 Å². The molecular formula is C19H27N3O3. The van der Waals surface area contributed by atoms with E-state index in [4.69, 9.17) is 4.74 Å². The van der Waals surface area contributed by atoms with Gasteiger partial charge in [0.15, 0.2) is 0 Å². The Morgan fingerprint density at radius 2 is 1.68 bits per heavy atom. The molecule has 2 fully saturated rings. The number of ether oxygens (including phenoxy) is 1. The van der Waals surface area contributed by atoms with Crippen LogP contribution in [0.5, 0.6) is 5.88 Å². The Hall–Kier alpha value is -2.11. The minimum absolute atomic E-state index is 0.00161. The highest BCUT2D eigenvalue weighted by Gasteiger charge is 2.29. The maximum atomic E-state index is 12.4. The van der Waals surface area contributed by atoms with Crippen LogP contribution in [0.25, 0.3) is 0 Å². The van der Waals surface area contributed by atoms with Gasteiger partial charge in [-0.1, -0.05) is 12.8 Å². The summed E-state index contributed by atoms with van der Waals surface area (Å²) < 4.78 is 5.01. The van der Waals surface area contributed by atoms with E-state index in [0.29, 0.717) is 11.6 Å². The van der Waals surface area contributed by atoms with Crippen molar-refractivity contribution < 1.29 is 14.3 Å². The second kappa shape index (κ2) is 8.32. The van der Waals surface area contributed by atoms with Crippen LogP contribution in [0, 0.1) is 11.8 Å². The van der Waals surface area contributed by atoms with Crippen molar-refractivity contribution in [1.29, 1.82) is 0 Å². The summed E-state index contributed by atoms with van der Waals surface area (Å²) in [7, 11) is 1.56. The van der Waals surface area contributed by atoms with Crippen LogP contribution in [0.3, 0.4) is 0 Å². The predicted octanol–water partition coefficient (Wildman–Crippen LogP) is 2.89. The molecule has 3 rings (SSSR count). The van der Waals surface area contributed by atoms with E-state index in [9.17, 15) is 9.59 Å². The molecule has 0 saturated heterocycles. The molecule has 6 nitrogen and oxygen atoms in total. The Kier molecular flexibility index (Phi) is 5.89. The molecule has 0 bridgehead atoms. The topological polar surface area (TPSA) is 80.3 Å². The van der Waals surface area contributed by atoms with Crippen LogP contribution in [0.4, 0.5) is 5.69 Å². The molecule has 6 heteroatoms. The molecule has 2 aliphatic rings. The van der Waals surface area contributed by atoms with Crippen LogP contribution in [-0.4, -0.2) is 29.9 Å². The Bertz CT molecular complexity index is 588. The van der Waals surface area contributed by atoms with Gasteiger partial charge < -0.3 is 15.4 Å². The highest BCUT2D eigenvalue weighted by atomic mass is 16.5. The van der Waals surface area contributed by atoms with Crippen LogP contribution in [-0.2, 0) is 9.59 Å². The summed E-state index contributed by atoms with van der Waals surface area (Å²) in [5.74, 6) is 0.990. The van der Waals surface area contributed by atoms with Gasteiger partial charge in [0.05, 0.1) is 19.0 Å². The van der Waals surface area contributed by atoms with E-state index in [1.165, 1.54) is 12.8 Å². The minimum atomic E-state index is 0.00161. The largest absolute Gasteiger partial charge is 0.481 e. The molecule has 0 spiro atoms. The van der Waals surface area contributed by atoms with E-state index in [1.54, 1.807) is 25.4 Å². The standard InChI is InChI=1S/C19H27N3O3/c1-25-17-11-10-16(12-20-17)22-19(24)14-6-8-15(9-7-14)21-18(23)13-4-2-3-5-13/h10-15H,2-9H2,1H3,(H,21,23)(H,22,24). The molecule has 1 heterocycles. The second-order valence-electron chi connectivity index (χ2n) is 7.12. The van der Waals surface area contributed by atoms with Gasteiger partial charge in [-0.3, -0.25) is 9.59 Å². The van der Waals surface area contributed by atoms with Crippen molar-refractivity contribution in [3.8, 4) is 5.88 Å². The van der Waals surface area contributed by atoms with Gasteiger partial charge in [-0.05, 0) is 44.6 Å². The maximum absolute atomic E-state index is 12.4. The van der Waals surface area contributed by atoms with Crippen molar-refractivity contribution in [2.75, 3.05) is 12.4 Å². The zero-order chi connectivity index (χ0) is 17.6. The molecule has 2 N–H and O–H groups in total. The average Bonchev–Trinajstić information content (AvgIpc) is 3.18. The van der Waals surface area contributed by atoms with Gasteiger partial charge in [-0.2, -0.15) is 0 Å². The number of aromatic nitrogens is 1. The molecule has 0 atom stereocenters. The first-order chi connectivity index (χ1) is 12.2. The van der Waals surface area contributed by atoms with Gasteiger partial charge in [0, 0.05) is 23.9 Å². The molecule has 136 valence electrons. The third-order valence-electron chi connectivity index (χ3n) is 5.38. The lowest BCUT2D eigenvalue weighted by Crippen LogP contribution is -2.41. The Morgan fingerprint density at radius 1 is 1.00 bits per heavy atom. The number of rotatable bonds is 5. The lowest BCUT2D eigenvalue weighted by atomic mass is 9.85. The number of nitrogens with zero attached hydrogens (tertiary/aromatic N) is 1. The van der Waals surface area contributed by atoms with Crippen LogP contribution in [0.2, 0.25) is 0 Å². The van der Waals surface area contributed by atoms with Crippen molar-refractivity contribution >= 4 is 17.5 Å². The minimum Gasteiger partial charge on any atom is -0.481 e. The Labute approximate surface area is 148 Å². The first kappa shape index (κ1) is 17.7. The van der Waals surface area contributed by atoms with Crippen LogP contribution >= 0.6 is 0 Å². The Morgan fingerprint density at radius 3 is 2.28 bits per heavy atom. The molecule has 0 radical (unpaired) electrons. The number of amides is 2. The molecule has 2 saturated carbocycles. The highest BCUT2D eigenvalue weighted by molar-refractivity contribution is 5.92. The number of hydrogen-bond acceptors (Lipinski definition) is 4. The second-order valence-corrected chi connectivity index (χ2v) is 7.12. The fourth-order valence-electron chi connectivity index (χ4n) is 3.83. The van der Waals surface area contributed by atoms with Gasteiger partial charge >= 0.3 is 0 Å². The van der Waals surface area contributed by atoms with E-state index in [0.717, 1.165) is 38.5 Å². The van der Waals surface area contributed by atoms with E-state index in [1.807, 2.05) is 0 Å². The zero-order valence-corrected chi connectivity index (χ0v) is 14.8. The molecule has 25 heavy (non-hydrogen) atoms. The average molecular weight is 345 g/mol. The fourth-order valence-corrected chi connectivity index (χ4v) is 3.83. The quantitative estimate of drug-likeness (QED) is 0.860. The molecule has 0 aliphatic heterocycles. The van der Waals surface area contributed by atoms with Gasteiger partial charge in [-0.25, -0.2) is 4.98 Å². The summed E-state index contributed by atoms with van der Waals surface area (Å²) in [5.41, 5.74) is 0.683. The summed E-state index contributed by atoms with van der Waals surface area (Å²) in [5, 5.41) is 6.11. The summed E-state index contributed by atoms with van der Waals surface area (Å²) in [6.45, 7) is 0. The number of carbonyl (C=O) groups excluding carboxylic acids is 2. The van der Waals surface area contributed by atoms with Crippen molar-refractivity contribution in [2.45, 2.75) is 57.4 Å². The van der Waals surface area contributed by atoms with Crippen molar-refractivity contribution in [1.82, 2.24) is 10.3 Å². The number of methoxy groups -OCH3 is 1. The fraction of sp³-hybridized carbons (Fsp3) is 0.632. The molecule has 1 aromatic heterocycles. The summed E-state index contributed by atoms with van der Waals surface area (Å²) in [4.78, 5) is 28.7. The number of anilines is 1. The number of hydrogen-bond donors (Lipinski definition) is 2. The van der Waals surface area contributed by atoms with Gasteiger partial charge in [0.1, 0.15) is 0 Å². The third-order valence-corrected chi connectivity index (χ3v) is 5.38. The summed E-state index contributed by atoms with van der Waals surface area (Å²) in [6, 6.07) is 3.74. The van der Waals surface area contributed by atoms with Gasteiger partial charge in [0.25, 0.3) is 0 Å². The normalized spacial score (nSPS) is 23.9. The van der Waals surface area contributed by atoms with Crippen molar-refractivity contribution in [2.24, 2.45) is 11.8 Å². The predicted molar refractivity (Wildman–Crippen MR) is 95.3 cm³/mol. The summed E-state index contributed by atoms with van der Waals surface area (Å²) in [6.07, 6.45) is 9.37. The van der Waals surface area contributed by atoms with Gasteiger partial charge in [0.2, 0.25) is 17.7 Å². The number of carbonyl (C=O) groups is 2. The third kappa shape index (κ3) is 4.71. The lowest BCUT2D eigenvalue weighted by Gasteiger charge is -2.29. The number of nitrogens with one attached hydrogen (secondary N) is 2. The van der Waals surface area contributed by atoms with E-state index in [2.05, 4.69) is 15.6 Å². The summed E-state index contributed by atoms with van der Waals surface area (Å²) >= 11 is 0. The number of pyridine rings is 1. The first-order valence-electron chi connectivity index (χ1n) is 9.27. The van der Waals surface area contributed by atoms with E-state index in [-0.39, 0.29) is 29.7 Å². The van der Waals surface area contributed by atoms with Crippen molar-refractivity contribution in [3.63, 3.8) is 0 Å². The van der Waals surface area contributed by atoms with E-state index < -0.39 is 0 Å². The van der Waals surface area contributed by atoms with Gasteiger partial charge in [-0.15, -0.1) is 0 Å². The molecule has 2 amide bonds. The first-order valence-corrected chi connectivity index (χ1v) is 9.27. The van der Waals surface area contributed by atoms with Crippen LogP contribution in [0.15, 0.2) is 18.3 Å². The lowest BCUT2D eigenvalue weighted by molar-refractivity contribution is -0.125. The molecule has 1 aromatic rings. The molecular weight excluding hydrogens is 318 g/mol.